The van der Waals surface area contributed by atoms with E-state index in [0.29, 0.717) is 62.3 Å². The molecule has 0 radical (unpaired) electrons. The zero-order valence-corrected chi connectivity index (χ0v) is 31.2. The van der Waals surface area contributed by atoms with Gasteiger partial charge in [-0.1, -0.05) is 60.7 Å². The van der Waals surface area contributed by atoms with Gasteiger partial charge >= 0.3 is 6.09 Å². The molecule has 12 heteroatoms. The Morgan fingerprint density at radius 3 is 1.75 bits per heavy atom. The van der Waals surface area contributed by atoms with Crippen molar-refractivity contribution in [3.05, 3.63) is 112 Å². The van der Waals surface area contributed by atoms with Crippen molar-refractivity contribution in [3.8, 4) is 34.5 Å². The molecule has 0 spiro atoms. The third-order valence-corrected chi connectivity index (χ3v) is 9.09. The second-order valence-electron chi connectivity index (χ2n) is 12.2. The van der Waals surface area contributed by atoms with Crippen LogP contribution in [0.5, 0.6) is 34.5 Å². The Bertz CT molecular complexity index is 2000. The minimum Gasteiger partial charge on any atom is -0.496 e. The molecule has 1 aliphatic rings. The van der Waals surface area contributed by atoms with Gasteiger partial charge in [-0.3, -0.25) is 9.59 Å². The van der Waals surface area contributed by atoms with E-state index in [9.17, 15) is 14.4 Å². The molecule has 1 unspecified atom stereocenters. The van der Waals surface area contributed by atoms with E-state index in [1.807, 2.05) is 48.5 Å². The molecule has 0 aromatic heterocycles. The van der Waals surface area contributed by atoms with Crippen molar-refractivity contribution >= 4 is 24.0 Å². The van der Waals surface area contributed by atoms with Crippen LogP contribution >= 0.6 is 0 Å². The summed E-state index contributed by atoms with van der Waals surface area (Å²) in [5.74, 6) is 1.21. The van der Waals surface area contributed by atoms with Gasteiger partial charge in [-0.2, -0.15) is 0 Å². The third kappa shape index (κ3) is 7.71. The molecule has 4 aromatic rings. The molecule has 1 atom stereocenters. The molecular formula is C41H44N2O10. The average Bonchev–Trinajstić information content (AvgIpc) is 3.17. The summed E-state index contributed by atoms with van der Waals surface area (Å²) in [7, 11) is 9.02. The largest absolute Gasteiger partial charge is 0.496 e. The van der Waals surface area contributed by atoms with E-state index in [2.05, 4.69) is 0 Å². The maximum atomic E-state index is 15.0. The molecule has 0 saturated carbocycles. The maximum absolute atomic E-state index is 15.0. The van der Waals surface area contributed by atoms with Gasteiger partial charge in [-0.25, -0.2) is 9.69 Å². The highest BCUT2D eigenvalue weighted by molar-refractivity contribution is 6.13. The van der Waals surface area contributed by atoms with Crippen LogP contribution in [0.15, 0.2) is 78.5 Å². The van der Waals surface area contributed by atoms with E-state index < -0.39 is 23.9 Å². The fraction of sp³-hybridized carbons (Fsp3) is 0.293. The lowest BCUT2D eigenvalue weighted by atomic mass is 9.95. The van der Waals surface area contributed by atoms with Gasteiger partial charge in [0.05, 0.1) is 49.2 Å². The van der Waals surface area contributed by atoms with Gasteiger partial charge in [0.1, 0.15) is 29.8 Å². The number of piperazine rings is 1. The standard InChI is InChI=1S/C41H44N2O10/c1-25-35(49-5)29(21-33(47-3)37(25)51-7)19-31-40(45)43(41(46)53-24-28-17-13-10-14-18-28)32(39(44)42(31)23-27-15-11-9-12-16-27)20-30-22-34(48-4)38(52-8)26(2)36(30)50-6/h9-19,21-22,32H,20,23-24H2,1-8H3/b31-19-. The summed E-state index contributed by atoms with van der Waals surface area (Å²) < 4.78 is 39.7. The zero-order chi connectivity index (χ0) is 38.2. The number of hydrogen-bond donors (Lipinski definition) is 0. The number of hydrogen-bond acceptors (Lipinski definition) is 10. The van der Waals surface area contributed by atoms with E-state index in [4.69, 9.17) is 33.2 Å². The van der Waals surface area contributed by atoms with E-state index >= 15 is 0 Å². The van der Waals surface area contributed by atoms with Gasteiger partial charge in [0.2, 0.25) is 0 Å². The maximum Gasteiger partial charge on any atom is 0.417 e. The topological polar surface area (TPSA) is 122 Å². The lowest BCUT2D eigenvalue weighted by molar-refractivity contribution is -0.149. The van der Waals surface area contributed by atoms with Crippen molar-refractivity contribution < 1.29 is 47.5 Å². The van der Waals surface area contributed by atoms with Crippen LogP contribution < -0.4 is 28.4 Å². The first-order chi connectivity index (χ1) is 25.6. The molecule has 3 amide bonds. The molecule has 1 saturated heterocycles. The van der Waals surface area contributed by atoms with Gasteiger partial charge in [-0.15, -0.1) is 0 Å². The molecule has 1 aliphatic heterocycles. The highest BCUT2D eigenvalue weighted by Gasteiger charge is 2.47. The Labute approximate surface area is 309 Å². The Morgan fingerprint density at radius 2 is 1.21 bits per heavy atom. The zero-order valence-electron chi connectivity index (χ0n) is 31.2. The fourth-order valence-electron chi connectivity index (χ4n) is 6.61. The predicted molar refractivity (Wildman–Crippen MR) is 198 cm³/mol. The first-order valence-corrected chi connectivity index (χ1v) is 16.8. The van der Waals surface area contributed by atoms with Gasteiger partial charge in [0.15, 0.2) is 23.0 Å². The predicted octanol–water partition coefficient (Wildman–Crippen LogP) is 6.52. The van der Waals surface area contributed by atoms with E-state index in [1.54, 1.807) is 38.1 Å². The summed E-state index contributed by atoms with van der Waals surface area (Å²) in [6.45, 7) is 3.49. The number of methoxy groups -OCH3 is 6. The van der Waals surface area contributed by atoms with Gasteiger partial charge in [-0.05, 0) is 43.2 Å². The first kappa shape index (κ1) is 38.1. The highest BCUT2D eigenvalue weighted by Crippen LogP contribution is 2.43. The van der Waals surface area contributed by atoms with Crippen LogP contribution in [0, 0.1) is 13.8 Å². The summed E-state index contributed by atoms with van der Waals surface area (Å²) >= 11 is 0. The molecule has 0 N–H and O–H groups in total. The molecule has 4 aromatic carbocycles. The fourth-order valence-corrected chi connectivity index (χ4v) is 6.61. The Kier molecular flexibility index (Phi) is 12.1. The van der Waals surface area contributed by atoms with Gasteiger partial charge in [0, 0.05) is 28.7 Å². The molecule has 278 valence electrons. The molecule has 53 heavy (non-hydrogen) atoms. The number of carbonyl (C=O) groups is 3. The normalized spacial score (nSPS) is 14.9. The van der Waals surface area contributed by atoms with E-state index in [-0.39, 0.29) is 25.3 Å². The van der Waals surface area contributed by atoms with Gasteiger partial charge < -0.3 is 38.1 Å². The molecule has 5 rings (SSSR count). The minimum atomic E-state index is -1.34. The van der Waals surface area contributed by atoms with Crippen LogP contribution in [-0.4, -0.2) is 76.4 Å². The number of rotatable bonds is 13. The quantitative estimate of drug-likeness (QED) is 0.141. The Morgan fingerprint density at radius 1 is 0.679 bits per heavy atom. The number of benzene rings is 4. The SMILES string of the molecule is COc1cc(/C=C2/C(=O)N(C(=O)OCc3ccccc3)C(Cc3cc(OC)c(OC)c(C)c3OC)C(=O)N2Cc2ccccc2)c(OC)c(C)c1OC. The molecule has 1 heterocycles. The van der Waals surface area contributed by atoms with E-state index in [1.165, 1.54) is 53.6 Å². The number of amides is 3. The van der Waals surface area contributed by atoms with Crippen LogP contribution in [0.3, 0.4) is 0 Å². The van der Waals surface area contributed by atoms with Crippen LogP contribution in [0.1, 0.15) is 33.4 Å². The summed E-state index contributed by atoms with van der Waals surface area (Å²) in [5, 5.41) is 0. The number of carbonyl (C=O) groups excluding carboxylic acids is 3. The minimum absolute atomic E-state index is 0.0251. The first-order valence-electron chi connectivity index (χ1n) is 16.8. The second kappa shape index (κ2) is 16.9. The number of ether oxygens (including phenoxy) is 7. The van der Waals surface area contributed by atoms with Crippen molar-refractivity contribution in [3.63, 3.8) is 0 Å². The van der Waals surface area contributed by atoms with Crippen LogP contribution in [0.25, 0.3) is 6.08 Å². The van der Waals surface area contributed by atoms with Crippen molar-refractivity contribution in [2.45, 2.75) is 39.5 Å². The molecule has 12 nitrogen and oxygen atoms in total. The monoisotopic (exact) mass is 724 g/mol. The van der Waals surface area contributed by atoms with E-state index in [0.717, 1.165) is 10.5 Å². The van der Waals surface area contributed by atoms with Crippen LogP contribution in [0.2, 0.25) is 0 Å². The Balaban J connectivity index is 1.71. The second-order valence-corrected chi connectivity index (χ2v) is 12.2. The number of imide groups is 1. The van der Waals surface area contributed by atoms with Crippen LogP contribution in [-0.2, 0) is 33.9 Å². The molecule has 1 fully saturated rings. The number of nitrogens with zero attached hydrogens (tertiary/aromatic N) is 2. The lowest BCUT2D eigenvalue weighted by Crippen LogP contribution is -2.60. The highest BCUT2D eigenvalue weighted by atomic mass is 16.6. The van der Waals surface area contributed by atoms with Crippen molar-refractivity contribution in [2.75, 3.05) is 42.7 Å². The molecular weight excluding hydrogens is 680 g/mol. The summed E-state index contributed by atoms with van der Waals surface area (Å²) in [6, 6.07) is 20.3. The summed E-state index contributed by atoms with van der Waals surface area (Å²) in [4.78, 5) is 46.3. The van der Waals surface area contributed by atoms with Crippen molar-refractivity contribution in [1.29, 1.82) is 0 Å². The van der Waals surface area contributed by atoms with Gasteiger partial charge in [0.25, 0.3) is 11.8 Å². The van der Waals surface area contributed by atoms with Crippen molar-refractivity contribution in [1.82, 2.24) is 9.80 Å². The third-order valence-electron chi connectivity index (χ3n) is 9.09. The average molecular weight is 725 g/mol. The summed E-state index contributed by atoms with van der Waals surface area (Å²) in [5.41, 5.74) is 3.55. The smallest absolute Gasteiger partial charge is 0.417 e. The summed E-state index contributed by atoms with van der Waals surface area (Å²) in [6.07, 6.45) is 0.410. The molecule has 0 bridgehead atoms. The van der Waals surface area contributed by atoms with Crippen molar-refractivity contribution in [2.24, 2.45) is 0 Å². The lowest BCUT2D eigenvalue weighted by Gasteiger charge is -2.40. The van der Waals surface area contributed by atoms with Crippen LogP contribution in [0.4, 0.5) is 4.79 Å². The molecule has 0 aliphatic carbocycles. The Hall–Kier alpha value is -6.17.